The minimum Gasteiger partial charge on any atom is -0.483 e. The average Bonchev–Trinajstić information content (AvgIpc) is 3.18. The van der Waals surface area contributed by atoms with Crippen molar-refractivity contribution >= 4 is 11.6 Å². The fraction of sp³-hybridized carbons (Fsp3) is 0.316. The summed E-state index contributed by atoms with van der Waals surface area (Å²) in [6, 6.07) is 7.30. The number of fused-ring (bicyclic) bond motifs is 1. The van der Waals surface area contributed by atoms with Crippen LogP contribution < -0.4 is 4.74 Å². The van der Waals surface area contributed by atoms with Crippen molar-refractivity contribution in [2.45, 2.75) is 26.5 Å². The molecule has 12 nitrogen and oxygen atoms in total. The minimum absolute atomic E-state index is 0.00283. The molecule has 0 saturated heterocycles. The van der Waals surface area contributed by atoms with Gasteiger partial charge in [-0.1, -0.05) is 23.2 Å². The van der Waals surface area contributed by atoms with Gasteiger partial charge in [0.15, 0.2) is 17.1 Å². The first-order chi connectivity index (χ1) is 15.2. The number of hydrogen-bond donors (Lipinski definition) is 0. The summed E-state index contributed by atoms with van der Waals surface area (Å²) >= 11 is 0. The number of ether oxygens (including phenoxy) is 2. The predicted molar refractivity (Wildman–Crippen MR) is 110 cm³/mol. The molecule has 0 bridgehead atoms. The summed E-state index contributed by atoms with van der Waals surface area (Å²) in [4.78, 5) is 26.8. The third-order valence-electron chi connectivity index (χ3n) is 4.38. The number of rotatable bonds is 10. The first kappa shape index (κ1) is 21.4. The van der Waals surface area contributed by atoms with Gasteiger partial charge in [0.1, 0.15) is 6.61 Å². The predicted octanol–water partition coefficient (Wildman–Crippen LogP) is 4.15. The van der Waals surface area contributed by atoms with Gasteiger partial charge in [-0.25, -0.2) is 9.78 Å². The summed E-state index contributed by atoms with van der Waals surface area (Å²) in [6.45, 7) is 2.04. The normalized spacial score (nSPS) is 10.2. The average molecular weight is 421 g/mol. The molecule has 12 heteroatoms. The Morgan fingerprint density at radius 1 is 1.19 bits per heavy atom. The summed E-state index contributed by atoms with van der Waals surface area (Å²) in [6.07, 6.45) is 4.16. The van der Waals surface area contributed by atoms with Gasteiger partial charge in [-0.2, -0.15) is 0 Å². The quantitative estimate of drug-likeness (QED) is 0.157. The third kappa shape index (κ3) is 5.02. The largest absolute Gasteiger partial charge is 0.483 e. The minimum atomic E-state index is -0.682. The molecule has 0 aliphatic carbocycles. The Balaban J connectivity index is 1.93. The van der Waals surface area contributed by atoms with Crippen LogP contribution in [0.2, 0.25) is 0 Å². The van der Waals surface area contributed by atoms with Crippen molar-refractivity contribution in [1.82, 2.24) is 14.4 Å². The van der Waals surface area contributed by atoms with Gasteiger partial charge in [-0.3, -0.25) is 9.38 Å². The van der Waals surface area contributed by atoms with Crippen molar-refractivity contribution in [2.24, 2.45) is 10.2 Å². The van der Waals surface area contributed by atoms with E-state index < -0.39 is 5.97 Å². The van der Waals surface area contributed by atoms with E-state index in [1.54, 1.807) is 24.5 Å². The highest BCUT2D eigenvalue weighted by atomic mass is 16.5. The van der Waals surface area contributed by atoms with Crippen LogP contribution in [0.1, 0.15) is 34.4 Å². The molecule has 0 saturated carbocycles. The number of imidazole rings is 1. The summed E-state index contributed by atoms with van der Waals surface area (Å²) in [5.41, 5.74) is 19.6. The van der Waals surface area contributed by atoms with Crippen molar-refractivity contribution in [1.29, 1.82) is 0 Å². The molecule has 3 rings (SSSR count). The molecule has 0 radical (unpaired) electrons. The van der Waals surface area contributed by atoms with Gasteiger partial charge in [0.2, 0.25) is 0 Å². The number of nitrogens with zero attached hydrogens (tertiary/aromatic N) is 9. The summed E-state index contributed by atoms with van der Waals surface area (Å²) in [5.74, 6) is -0.246. The highest BCUT2D eigenvalue weighted by Gasteiger charge is 2.22. The Morgan fingerprint density at radius 3 is 2.81 bits per heavy atom. The Labute approximate surface area is 176 Å². The molecule has 0 aliphatic rings. The van der Waals surface area contributed by atoms with Crippen LogP contribution in [0.25, 0.3) is 26.5 Å². The van der Waals surface area contributed by atoms with E-state index in [1.165, 1.54) is 4.40 Å². The number of carbonyl (C=O) groups is 1. The zero-order valence-corrected chi connectivity index (χ0v) is 16.7. The second kappa shape index (κ2) is 10.5. The molecule has 0 unspecified atom stereocenters. The lowest BCUT2D eigenvalue weighted by molar-refractivity contribution is 0.0507. The van der Waals surface area contributed by atoms with Gasteiger partial charge in [0.25, 0.3) is 0 Å². The van der Waals surface area contributed by atoms with Gasteiger partial charge in [-0.15, -0.1) is 0 Å². The fourth-order valence-corrected chi connectivity index (χ4v) is 2.99. The van der Waals surface area contributed by atoms with E-state index in [0.717, 1.165) is 17.7 Å². The van der Waals surface area contributed by atoms with Crippen molar-refractivity contribution in [3.05, 3.63) is 80.2 Å². The molecule has 0 spiro atoms. The highest BCUT2D eigenvalue weighted by Crippen LogP contribution is 2.24. The second-order valence-electron chi connectivity index (χ2n) is 6.20. The van der Waals surface area contributed by atoms with Crippen LogP contribution >= 0.6 is 0 Å². The van der Waals surface area contributed by atoms with Gasteiger partial charge in [0.05, 0.1) is 31.1 Å². The number of carbonyl (C=O) groups excluding carboxylic acids is 1. The number of azide groups is 2. The number of esters is 1. The van der Waals surface area contributed by atoms with Crippen LogP contribution in [-0.4, -0.2) is 33.5 Å². The Hall–Kier alpha value is -4.27. The Kier molecular flexibility index (Phi) is 7.26. The molecule has 0 aliphatic heterocycles. The molecular formula is C19H19N9O3. The first-order valence-electron chi connectivity index (χ1n) is 9.44. The SMILES string of the molecule is CCc1cccnc1COc1cccn2c(C(=O)OCCN=[N+]=[N-])c(CN=[N+]=[N-])nc12. The fourth-order valence-electron chi connectivity index (χ4n) is 2.99. The van der Waals surface area contributed by atoms with Crippen molar-refractivity contribution in [3.8, 4) is 5.75 Å². The van der Waals surface area contributed by atoms with Crippen LogP contribution in [0.3, 0.4) is 0 Å². The maximum Gasteiger partial charge on any atom is 0.357 e. The summed E-state index contributed by atoms with van der Waals surface area (Å²) in [5, 5.41) is 6.84. The van der Waals surface area contributed by atoms with Gasteiger partial charge < -0.3 is 9.47 Å². The zero-order chi connectivity index (χ0) is 22.1. The molecule has 3 aromatic heterocycles. The van der Waals surface area contributed by atoms with E-state index in [2.05, 4.69) is 30.0 Å². The van der Waals surface area contributed by atoms with E-state index in [1.807, 2.05) is 19.1 Å². The lowest BCUT2D eigenvalue weighted by atomic mass is 10.1. The van der Waals surface area contributed by atoms with Gasteiger partial charge in [-0.05, 0) is 41.2 Å². The number of pyridine rings is 2. The topological polar surface area (TPSA) is 163 Å². The smallest absolute Gasteiger partial charge is 0.357 e. The summed E-state index contributed by atoms with van der Waals surface area (Å²) < 4.78 is 12.6. The van der Waals surface area contributed by atoms with Crippen molar-refractivity contribution in [3.63, 3.8) is 0 Å². The lowest BCUT2D eigenvalue weighted by Crippen LogP contribution is -2.13. The van der Waals surface area contributed by atoms with Crippen LogP contribution in [0.15, 0.2) is 46.9 Å². The molecule has 0 N–H and O–H groups in total. The van der Waals surface area contributed by atoms with E-state index >= 15 is 0 Å². The van der Waals surface area contributed by atoms with Crippen molar-refractivity contribution in [2.75, 3.05) is 13.2 Å². The number of hydrogen-bond acceptors (Lipinski definition) is 7. The maximum absolute atomic E-state index is 12.6. The molecule has 31 heavy (non-hydrogen) atoms. The van der Waals surface area contributed by atoms with Crippen LogP contribution in [0.5, 0.6) is 5.75 Å². The van der Waals surface area contributed by atoms with E-state index in [-0.39, 0.29) is 37.7 Å². The van der Waals surface area contributed by atoms with Crippen LogP contribution in [-0.2, 0) is 24.3 Å². The standard InChI is InChI=1S/C19H19N9O3/c1-2-13-5-3-7-22-15(13)12-31-16-6-4-9-28-17(19(29)30-10-8-23-26-20)14(11-24-27-21)25-18(16)28/h3-7,9H,2,8,10-12H2,1H3. The third-order valence-corrected chi connectivity index (χ3v) is 4.38. The monoisotopic (exact) mass is 421 g/mol. The van der Waals surface area contributed by atoms with E-state index in [9.17, 15) is 4.79 Å². The van der Waals surface area contributed by atoms with Crippen LogP contribution in [0.4, 0.5) is 0 Å². The summed E-state index contributed by atoms with van der Waals surface area (Å²) in [7, 11) is 0. The molecule has 0 amide bonds. The molecule has 0 atom stereocenters. The molecule has 0 fully saturated rings. The Bertz CT molecular complexity index is 1180. The van der Waals surface area contributed by atoms with Crippen LogP contribution in [0, 0.1) is 0 Å². The Morgan fingerprint density at radius 2 is 2.03 bits per heavy atom. The molecular weight excluding hydrogens is 402 g/mol. The molecule has 3 heterocycles. The van der Waals surface area contributed by atoms with Gasteiger partial charge >= 0.3 is 5.97 Å². The van der Waals surface area contributed by atoms with Crippen molar-refractivity contribution < 1.29 is 14.3 Å². The first-order valence-corrected chi connectivity index (χ1v) is 9.44. The van der Waals surface area contributed by atoms with E-state index in [0.29, 0.717) is 11.4 Å². The lowest BCUT2D eigenvalue weighted by Gasteiger charge is -2.10. The highest BCUT2D eigenvalue weighted by molar-refractivity contribution is 5.90. The maximum atomic E-state index is 12.6. The number of aromatic nitrogens is 3. The number of aryl methyl sites for hydroxylation is 1. The van der Waals surface area contributed by atoms with E-state index in [4.69, 9.17) is 20.5 Å². The molecule has 158 valence electrons. The zero-order valence-electron chi connectivity index (χ0n) is 16.7. The van der Waals surface area contributed by atoms with Gasteiger partial charge in [0, 0.05) is 22.2 Å². The molecule has 0 aromatic carbocycles. The second-order valence-corrected chi connectivity index (χ2v) is 6.20. The molecule has 3 aromatic rings.